The van der Waals surface area contributed by atoms with Crippen LogP contribution in [0.5, 0.6) is 5.75 Å². The number of nitrogens with one attached hydrogen (secondary N) is 1. The Kier molecular flexibility index (Phi) is 4.68. The van der Waals surface area contributed by atoms with Crippen LogP contribution in [0.1, 0.15) is 47.8 Å². The molecule has 1 aliphatic carbocycles. The number of aryl methyl sites for hydroxylation is 2. The third-order valence-electron chi connectivity index (χ3n) is 4.97. The Morgan fingerprint density at radius 1 is 1.19 bits per heavy atom. The molecule has 0 spiro atoms. The summed E-state index contributed by atoms with van der Waals surface area (Å²) in [5.74, 6) is 2.40. The molecule has 134 valence electrons. The minimum Gasteiger partial charge on any atom is -0.487 e. The lowest BCUT2D eigenvalue weighted by Gasteiger charge is -2.22. The first-order chi connectivity index (χ1) is 12.6. The first-order valence-electron chi connectivity index (χ1n) is 9.01. The molecular weight excluding hydrogens is 346 g/mol. The summed E-state index contributed by atoms with van der Waals surface area (Å²) >= 11 is 6.39. The summed E-state index contributed by atoms with van der Waals surface area (Å²) in [6.07, 6.45) is 5.53. The van der Waals surface area contributed by atoms with E-state index in [0.717, 1.165) is 39.7 Å². The highest BCUT2D eigenvalue weighted by atomic mass is 35.5. The van der Waals surface area contributed by atoms with Crippen molar-refractivity contribution in [1.29, 1.82) is 0 Å². The van der Waals surface area contributed by atoms with Gasteiger partial charge in [0.25, 0.3) is 0 Å². The number of pyridine rings is 1. The van der Waals surface area contributed by atoms with Crippen molar-refractivity contribution in [1.82, 2.24) is 15.0 Å². The molecule has 5 heteroatoms. The topological polar surface area (TPSA) is 50.8 Å². The summed E-state index contributed by atoms with van der Waals surface area (Å²) in [6.45, 7) is 4.52. The van der Waals surface area contributed by atoms with E-state index in [0.29, 0.717) is 17.7 Å². The molecule has 4 rings (SSSR count). The molecule has 1 aromatic carbocycles. The Morgan fingerprint density at radius 2 is 2.04 bits per heavy atom. The van der Waals surface area contributed by atoms with E-state index in [9.17, 15) is 0 Å². The Balaban J connectivity index is 1.50. The average Bonchev–Trinajstić information content (AvgIpc) is 2.95. The van der Waals surface area contributed by atoms with E-state index < -0.39 is 0 Å². The zero-order valence-corrected chi connectivity index (χ0v) is 15.8. The van der Waals surface area contributed by atoms with E-state index in [1.807, 2.05) is 44.3 Å². The van der Waals surface area contributed by atoms with E-state index in [2.05, 4.69) is 16.0 Å². The van der Waals surface area contributed by atoms with E-state index in [4.69, 9.17) is 21.3 Å². The van der Waals surface area contributed by atoms with Gasteiger partial charge in [0.05, 0.1) is 5.69 Å². The molecule has 1 saturated carbocycles. The zero-order chi connectivity index (χ0) is 18.1. The number of aromatic nitrogens is 3. The number of nitrogens with zero attached hydrogens (tertiary/aromatic N) is 2. The highest BCUT2D eigenvalue weighted by Gasteiger charge is 2.24. The average molecular weight is 368 g/mol. The minimum absolute atomic E-state index is 0.454. The van der Waals surface area contributed by atoms with Crippen LogP contribution < -0.4 is 4.74 Å². The number of aromatic amines is 1. The number of hydrogen-bond donors (Lipinski definition) is 1. The monoisotopic (exact) mass is 367 g/mol. The van der Waals surface area contributed by atoms with Gasteiger partial charge in [-0.3, -0.25) is 4.98 Å². The van der Waals surface area contributed by atoms with Gasteiger partial charge in [-0.1, -0.05) is 24.1 Å². The summed E-state index contributed by atoms with van der Waals surface area (Å²) in [6, 6.07) is 10.1. The van der Waals surface area contributed by atoms with Gasteiger partial charge in [0.2, 0.25) is 0 Å². The van der Waals surface area contributed by atoms with E-state index in [-0.39, 0.29) is 0 Å². The van der Waals surface area contributed by atoms with Gasteiger partial charge in [-0.2, -0.15) is 0 Å². The molecule has 0 saturated heterocycles. The van der Waals surface area contributed by atoms with Crippen LogP contribution in [0, 0.1) is 13.8 Å². The smallest absolute Gasteiger partial charge is 0.134 e. The Labute approximate surface area is 158 Å². The molecule has 0 amide bonds. The highest BCUT2D eigenvalue weighted by molar-refractivity contribution is 6.31. The van der Waals surface area contributed by atoms with Crippen LogP contribution in [-0.4, -0.2) is 15.0 Å². The van der Waals surface area contributed by atoms with Gasteiger partial charge in [0.1, 0.15) is 29.0 Å². The van der Waals surface area contributed by atoms with Gasteiger partial charge < -0.3 is 9.72 Å². The Morgan fingerprint density at radius 3 is 2.69 bits per heavy atom. The second-order valence-corrected chi connectivity index (χ2v) is 7.39. The molecule has 1 fully saturated rings. The molecule has 1 N–H and O–H groups in total. The van der Waals surface area contributed by atoms with Crippen molar-refractivity contribution >= 4 is 11.6 Å². The van der Waals surface area contributed by atoms with Crippen LogP contribution in [0.2, 0.25) is 5.15 Å². The molecule has 26 heavy (non-hydrogen) atoms. The Hall–Kier alpha value is -2.33. The number of ether oxygens (including phenoxy) is 1. The van der Waals surface area contributed by atoms with Gasteiger partial charge >= 0.3 is 0 Å². The fourth-order valence-corrected chi connectivity index (χ4v) is 3.38. The van der Waals surface area contributed by atoms with Gasteiger partial charge in [-0.15, -0.1) is 0 Å². The molecule has 2 heterocycles. The Bertz CT molecular complexity index is 914. The van der Waals surface area contributed by atoms with Crippen molar-refractivity contribution < 1.29 is 4.74 Å². The minimum atomic E-state index is 0.454. The molecule has 2 aromatic heterocycles. The van der Waals surface area contributed by atoms with Gasteiger partial charge in [0, 0.05) is 17.7 Å². The number of rotatable bonds is 5. The van der Waals surface area contributed by atoms with Gasteiger partial charge in [0.15, 0.2) is 0 Å². The molecule has 0 bridgehead atoms. The highest BCUT2D eigenvalue weighted by Crippen LogP contribution is 2.38. The predicted octanol–water partition coefficient (Wildman–Crippen LogP) is 5.59. The molecule has 1 aliphatic rings. The molecule has 0 aliphatic heterocycles. The predicted molar refractivity (Wildman–Crippen MR) is 104 cm³/mol. The zero-order valence-electron chi connectivity index (χ0n) is 15.1. The largest absolute Gasteiger partial charge is 0.487 e. The van der Waals surface area contributed by atoms with Crippen molar-refractivity contribution in [2.45, 2.75) is 45.6 Å². The SMILES string of the molecule is Cc1ccc(COc2ccc(-c3nc(C4CCC4)[nH]c3Cl)cc2C)nc1. The quantitative estimate of drug-likeness (QED) is 0.639. The first kappa shape index (κ1) is 17.1. The van der Waals surface area contributed by atoms with Crippen molar-refractivity contribution in [3.05, 3.63) is 64.3 Å². The number of hydrogen-bond acceptors (Lipinski definition) is 3. The number of benzene rings is 1. The van der Waals surface area contributed by atoms with Crippen LogP contribution in [-0.2, 0) is 6.61 Å². The summed E-state index contributed by atoms with van der Waals surface area (Å²) < 4.78 is 5.93. The fourth-order valence-electron chi connectivity index (χ4n) is 3.13. The molecule has 0 atom stereocenters. The van der Waals surface area contributed by atoms with Crippen LogP contribution in [0.4, 0.5) is 0 Å². The van der Waals surface area contributed by atoms with Crippen LogP contribution in [0.3, 0.4) is 0 Å². The summed E-state index contributed by atoms with van der Waals surface area (Å²) in [7, 11) is 0. The van der Waals surface area contributed by atoms with E-state index >= 15 is 0 Å². The van der Waals surface area contributed by atoms with Crippen LogP contribution in [0.25, 0.3) is 11.3 Å². The summed E-state index contributed by atoms with van der Waals surface area (Å²) in [4.78, 5) is 12.4. The van der Waals surface area contributed by atoms with Crippen molar-refractivity contribution in [2.24, 2.45) is 0 Å². The maximum absolute atomic E-state index is 6.39. The summed E-state index contributed by atoms with van der Waals surface area (Å²) in [5.41, 5.74) is 4.95. The van der Waals surface area contributed by atoms with E-state index in [1.165, 1.54) is 19.3 Å². The molecule has 3 aromatic rings. The third-order valence-corrected chi connectivity index (χ3v) is 5.24. The van der Waals surface area contributed by atoms with Crippen molar-refractivity contribution in [3.8, 4) is 17.0 Å². The lowest BCUT2D eigenvalue weighted by atomic mass is 9.85. The third kappa shape index (κ3) is 3.47. The van der Waals surface area contributed by atoms with Gasteiger partial charge in [-0.05, 0) is 62.1 Å². The fraction of sp³-hybridized carbons (Fsp3) is 0.333. The van der Waals surface area contributed by atoms with Crippen molar-refractivity contribution in [3.63, 3.8) is 0 Å². The van der Waals surface area contributed by atoms with E-state index in [1.54, 1.807) is 0 Å². The maximum atomic E-state index is 6.39. The maximum Gasteiger partial charge on any atom is 0.134 e. The lowest BCUT2D eigenvalue weighted by Crippen LogP contribution is -2.10. The number of H-pyrrole nitrogens is 1. The molecule has 4 nitrogen and oxygen atoms in total. The number of imidazole rings is 1. The standard InChI is InChI=1S/C21H22ClN3O/c1-13-6-8-17(23-11-13)12-26-18-9-7-16(10-14(18)2)19-20(22)25-21(24-19)15-4-3-5-15/h6-11,15H,3-5,12H2,1-2H3,(H,24,25). The number of halogens is 1. The van der Waals surface area contributed by atoms with Crippen molar-refractivity contribution in [2.75, 3.05) is 0 Å². The lowest BCUT2D eigenvalue weighted by molar-refractivity contribution is 0.299. The van der Waals surface area contributed by atoms with Gasteiger partial charge in [-0.25, -0.2) is 4.98 Å². The van der Waals surface area contributed by atoms with Crippen LogP contribution >= 0.6 is 11.6 Å². The van der Waals surface area contributed by atoms with Crippen LogP contribution in [0.15, 0.2) is 36.5 Å². The molecule has 0 unspecified atom stereocenters. The second-order valence-electron chi connectivity index (χ2n) is 7.01. The second kappa shape index (κ2) is 7.12. The normalized spacial score (nSPS) is 14.3. The molecule has 0 radical (unpaired) electrons. The summed E-state index contributed by atoms with van der Waals surface area (Å²) in [5, 5.41) is 0.615. The first-order valence-corrected chi connectivity index (χ1v) is 9.38. The molecular formula is C21H22ClN3O.